The number of hydrogen-bond donors (Lipinski definition) is 1. The van der Waals surface area contributed by atoms with E-state index in [-0.39, 0.29) is 5.91 Å². The largest absolute Gasteiger partial charge is 0.399 e. The Morgan fingerprint density at radius 3 is 2.86 bits per heavy atom. The Balaban J connectivity index is 1.92. The van der Waals surface area contributed by atoms with Crippen LogP contribution in [-0.4, -0.2) is 20.3 Å². The van der Waals surface area contributed by atoms with Gasteiger partial charge in [0.25, 0.3) is 5.91 Å². The summed E-state index contributed by atoms with van der Waals surface area (Å²) in [6.45, 7) is 0. The van der Waals surface area contributed by atoms with E-state index in [1.54, 1.807) is 12.3 Å². The standard InChI is InChI=1S/C17H14N4O/c1-20-8-7-13-14(3-2-4-16(13)20)17(22)21-15-6-5-12(18)9-11(15)10-19-21/h2-10H,18H2,1H3. The van der Waals surface area contributed by atoms with Gasteiger partial charge in [-0.1, -0.05) is 6.07 Å². The number of nitrogens with zero attached hydrogens (tertiary/aromatic N) is 3. The lowest BCUT2D eigenvalue weighted by Crippen LogP contribution is -2.13. The Bertz CT molecular complexity index is 1030. The maximum Gasteiger partial charge on any atom is 0.279 e. The maximum absolute atomic E-state index is 12.9. The van der Waals surface area contributed by atoms with E-state index in [1.165, 1.54) is 4.68 Å². The van der Waals surface area contributed by atoms with E-state index in [0.717, 1.165) is 21.8 Å². The Morgan fingerprint density at radius 2 is 2.00 bits per heavy atom. The molecule has 4 rings (SSSR count). The molecule has 5 nitrogen and oxygen atoms in total. The van der Waals surface area contributed by atoms with Gasteiger partial charge in [0, 0.05) is 35.2 Å². The molecule has 2 aromatic carbocycles. The van der Waals surface area contributed by atoms with Crippen LogP contribution in [0, 0.1) is 0 Å². The van der Waals surface area contributed by atoms with E-state index in [0.29, 0.717) is 11.3 Å². The first-order valence-electron chi connectivity index (χ1n) is 6.97. The zero-order chi connectivity index (χ0) is 15.3. The molecule has 0 saturated carbocycles. The van der Waals surface area contributed by atoms with Crippen LogP contribution in [-0.2, 0) is 7.05 Å². The first-order valence-corrected chi connectivity index (χ1v) is 6.97. The zero-order valence-electron chi connectivity index (χ0n) is 12.0. The molecule has 4 aromatic rings. The highest BCUT2D eigenvalue weighted by molar-refractivity contribution is 6.09. The minimum atomic E-state index is -0.142. The van der Waals surface area contributed by atoms with Crippen molar-refractivity contribution in [2.24, 2.45) is 7.05 Å². The van der Waals surface area contributed by atoms with Crippen molar-refractivity contribution in [2.75, 3.05) is 5.73 Å². The van der Waals surface area contributed by atoms with Crippen LogP contribution >= 0.6 is 0 Å². The van der Waals surface area contributed by atoms with Crippen molar-refractivity contribution in [3.8, 4) is 0 Å². The predicted octanol–water partition coefficient (Wildman–Crippen LogP) is 2.80. The number of carbonyl (C=O) groups excluding carboxylic acids is 1. The fraction of sp³-hybridized carbons (Fsp3) is 0.0588. The summed E-state index contributed by atoms with van der Waals surface area (Å²) in [4.78, 5) is 12.9. The summed E-state index contributed by atoms with van der Waals surface area (Å²) in [7, 11) is 1.96. The van der Waals surface area contributed by atoms with Gasteiger partial charge < -0.3 is 10.3 Å². The lowest BCUT2D eigenvalue weighted by atomic mass is 10.1. The van der Waals surface area contributed by atoms with Gasteiger partial charge in [0.15, 0.2) is 0 Å². The molecular formula is C17H14N4O. The summed E-state index contributed by atoms with van der Waals surface area (Å²) in [5.41, 5.74) is 8.85. The van der Waals surface area contributed by atoms with Crippen molar-refractivity contribution < 1.29 is 4.79 Å². The summed E-state index contributed by atoms with van der Waals surface area (Å²) < 4.78 is 3.42. The molecule has 0 amide bonds. The van der Waals surface area contributed by atoms with Crippen molar-refractivity contribution in [3.63, 3.8) is 0 Å². The lowest BCUT2D eigenvalue weighted by molar-refractivity contribution is 0.0952. The van der Waals surface area contributed by atoms with Gasteiger partial charge in [0.2, 0.25) is 0 Å². The number of hydrogen-bond acceptors (Lipinski definition) is 3. The number of nitrogens with two attached hydrogens (primary N) is 1. The molecule has 2 N–H and O–H groups in total. The molecule has 2 aromatic heterocycles. The molecule has 0 aliphatic rings. The summed E-state index contributed by atoms with van der Waals surface area (Å²) >= 11 is 0. The van der Waals surface area contributed by atoms with Crippen LogP contribution in [0.3, 0.4) is 0 Å². The molecule has 22 heavy (non-hydrogen) atoms. The van der Waals surface area contributed by atoms with Gasteiger partial charge in [-0.2, -0.15) is 9.78 Å². The minimum absolute atomic E-state index is 0.142. The first kappa shape index (κ1) is 12.6. The van der Waals surface area contributed by atoms with Crippen LogP contribution in [0.15, 0.2) is 54.9 Å². The Hall–Kier alpha value is -3.08. The van der Waals surface area contributed by atoms with E-state index in [9.17, 15) is 4.79 Å². The van der Waals surface area contributed by atoms with Gasteiger partial charge in [-0.15, -0.1) is 0 Å². The van der Waals surface area contributed by atoms with E-state index >= 15 is 0 Å². The van der Waals surface area contributed by atoms with Crippen LogP contribution in [0.5, 0.6) is 0 Å². The smallest absolute Gasteiger partial charge is 0.279 e. The molecule has 2 heterocycles. The predicted molar refractivity (Wildman–Crippen MR) is 86.8 cm³/mol. The second-order valence-corrected chi connectivity index (χ2v) is 5.34. The summed E-state index contributed by atoms with van der Waals surface area (Å²) in [6.07, 6.45) is 3.61. The Morgan fingerprint density at radius 1 is 1.14 bits per heavy atom. The Kier molecular flexibility index (Phi) is 2.56. The number of aromatic nitrogens is 3. The van der Waals surface area contributed by atoms with Gasteiger partial charge in [-0.25, -0.2) is 0 Å². The molecule has 0 aliphatic carbocycles. The van der Waals surface area contributed by atoms with E-state index < -0.39 is 0 Å². The summed E-state index contributed by atoms with van der Waals surface area (Å²) in [5, 5.41) is 6.01. The molecule has 108 valence electrons. The third kappa shape index (κ3) is 1.72. The van der Waals surface area contributed by atoms with Crippen LogP contribution in [0.2, 0.25) is 0 Å². The molecule has 0 fully saturated rings. The fourth-order valence-corrected chi connectivity index (χ4v) is 2.82. The fourth-order valence-electron chi connectivity index (χ4n) is 2.82. The van der Waals surface area contributed by atoms with Crippen molar-refractivity contribution in [1.29, 1.82) is 0 Å². The highest BCUT2D eigenvalue weighted by Crippen LogP contribution is 2.23. The van der Waals surface area contributed by atoms with Gasteiger partial charge in [0.1, 0.15) is 0 Å². The number of rotatable bonds is 1. The zero-order valence-corrected chi connectivity index (χ0v) is 12.0. The number of fused-ring (bicyclic) bond motifs is 2. The van der Waals surface area contributed by atoms with Crippen molar-refractivity contribution in [3.05, 3.63) is 60.4 Å². The number of carbonyl (C=O) groups is 1. The summed E-state index contributed by atoms with van der Waals surface area (Å²) in [6, 6.07) is 13.1. The highest BCUT2D eigenvalue weighted by atomic mass is 16.2. The molecular weight excluding hydrogens is 276 g/mol. The maximum atomic E-state index is 12.9. The van der Waals surface area contributed by atoms with Crippen LogP contribution < -0.4 is 5.73 Å². The van der Waals surface area contributed by atoms with Gasteiger partial charge >= 0.3 is 0 Å². The molecule has 0 spiro atoms. The van der Waals surface area contributed by atoms with Crippen molar-refractivity contribution >= 4 is 33.4 Å². The third-order valence-electron chi connectivity index (χ3n) is 3.94. The number of nitrogen functional groups attached to an aromatic ring is 1. The molecule has 0 aliphatic heterocycles. The monoisotopic (exact) mass is 290 g/mol. The van der Waals surface area contributed by atoms with Gasteiger partial charge in [0.05, 0.1) is 17.3 Å². The molecule has 0 radical (unpaired) electrons. The highest BCUT2D eigenvalue weighted by Gasteiger charge is 2.16. The van der Waals surface area contributed by atoms with Crippen LogP contribution in [0.4, 0.5) is 5.69 Å². The van der Waals surface area contributed by atoms with Crippen LogP contribution in [0.1, 0.15) is 10.4 Å². The number of anilines is 1. The first-order chi connectivity index (χ1) is 10.6. The quantitative estimate of drug-likeness (QED) is 0.548. The van der Waals surface area contributed by atoms with E-state index in [1.807, 2.05) is 54.2 Å². The second-order valence-electron chi connectivity index (χ2n) is 5.34. The SMILES string of the molecule is Cn1ccc2c(C(=O)n3ncc4cc(N)ccc43)cccc21. The average molecular weight is 290 g/mol. The Labute approximate surface area is 126 Å². The van der Waals surface area contributed by atoms with E-state index in [4.69, 9.17) is 5.73 Å². The average Bonchev–Trinajstić information content (AvgIpc) is 3.10. The number of benzene rings is 2. The molecule has 0 atom stereocenters. The molecule has 0 unspecified atom stereocenters. The second kappa shape index (κ2) is 4.46. The topological polar surface area (TPSA) is 65.8 Å². The van der Waals surface area contributed by atoms with Crippen molar-refractivity contribution in [2.45, 2.75) is 0 Å². The summed E-state index contributed by atoms with van der Waals surface area (Å²) in [5.74, 6) is -0.142. The third-order valence-corrected chi connectivity index (χ3v) is 3.94. The van der Waals surface area contributed by atoms with Crippen molar-refractivity contribution in [1.82, 2.24) is 14.3 Å². The van der Waals surface area contributed by atoms with Crippen LogP contribution in [0.25, 0.3) is 21.8 Å². The number of aryl methyl sites for hydroxylation is 1. The molecule has 5 heteroatoms. The lowest BCUT2D eigenvalue weighted by Gasteiger charge is -2.05. The molecule has 0 bridgehead atoms. The van der Waals surface area contributed by atoms with Gasteiger partial charge in [-0.05, 0) is 36.4 Å². The van der Waals surface area contributed by atoms with Gasteiger partial charge in [-0.3, -0.25) is 4.79 Å². The normalized spacial score (nSPS) is 11.3. The minimum Gasteiger partial charge on any atom is -0.399 e. The molecule has 0 saturated heterocycles. The van der Waals surface area contributed by atoms with E-state index in [2.05, 4.69) is 5.10 Å².